The van der Waals surface area contributed by atoms with Crippen LogP contribution < -0.4 is 15.0 Å². The molecule has 1 aromatic rings. The molecule has 1 N–H and O–H groups in total. The molecule has 2 aliphatic rings. The van der Waals surface area contributed by atoms with Crippen LogP contribution in [0, 0.1) is 0 Å². The highest BCUT2D eigenvalue weighted by atomic mass is 16.5. The van der Waals surface area contributed by atoms with Gasteiger partial charge in [0.1, 0.15) is 5.82 Å². The average Bonchev–Trinajstić information content (AvgIpc) is 2.46. The number of nitrogens with one attached hydrogen (secondary N) is 1. The Bertz CT molecular complexity index is 492. The van der Waals surface area contributed by atoms with Crippen molar-refractivity contribution in [3.8, 4) is 5.75 Å². The van der Waals surface area contributed by atoms with E-state index in [1.54, 1.807) is 0 Å². The zero-order valence-corrected chi connectivity index (χ0v) is 10.9. The van der Waals surface area contributed by atoms with Crippen molar-refractivity contribution in [2.24, 2.45) is 0 Å². The lowest BCUT2D eigenvalue weighted by molar-refractivity contribution is -0.118. The second-order valence-corrected chi connectivity index (χ2v) is 4.70. The SMILES string of the molecule is CCC1CN(c2ccc3c(n2)NC(=O)CO3)CCO1. The summed E-state index contributed by atoms with van der Waals surface area (Å²) >= 11 is 0. The van der Waals surface area contributed by atoms with Gasteiger partial charge in [0, 0.05) is 13.1 Å². The molecule has 1 aromatic heterocycles. The molecule has 1 atom stereocenters. The third kappa shape index (κ3) is 2.49. The maximum Gasteiger partial charge on any atom is 0.263 e. The zero-order valence-electron chi connectivity index (χ0n) is 10.9. The van der Waals surface area contributed by atoms with Gasteiger partial charge >= 0.3 is 0 Å². The zero-order chi connectivity index (χ0) is 13.2. The van der Waals surface area contributed by atoms with Crippen molar-refractivity contribution in [3.05, 3.63) is 12.1 Å². The molecule has 3 rings (SSSR count). The minimum Gasteiger partial charge on any atom is -0.480 e. The van der Waals surface area contributed by atoms with Crippen LogP contribution in [0.5, 0.6) is 5.75 Å². The molecule has 6 nitrogen and oxygen atoms in total. The molecule has 102 valence electrons. The predicted molar refractivity (Wildman–Crippen MR) is 70.6 cm³/mol. The van der Waals surface area contributed by atoms with E-state index in [9.17, 15) is 4.79 Å². The molecular formula is C13H17N3O3. The van der Waals surface area contributed by atoms with Crippen molar-refractivity contribution in [2.75, 3.05) is 36.5 Å². The topological polar surface area (TPSA) is 63.7 Å². The first-order valence-electron chi connectivity index (χ1n) is 6.56. The number of ether oxygens (including phenoxy) is 2. The van der Waals surface area contributed by atoms with E-state index in [1.165, 1.54) is 0 Å². The first kappa shape index (κ1) is 12.2. The number of hydrogen-bond donors (Lipinski definition) is 1. The van der Waals surface area contributed by atoms with Crippen molar-refractivity contribution >= 4 is 17.5 Å². The van der Waals surface area contributed by atoms with E-state index in [4.69, 9.17) is 9.47 Å². The number of morpholine rings is 1. The maximum atomic E-state index is 11.3. The molecule has 0 bridgehead atoms. The fourth-order valence-corrected chi connectivity index (χ4v) is 2.30. The number of anilines is 2. The number of aromatic nitrogens is 1. The molecule has 6 heteroatoms. The Labute approximate surface area is 111 Å². The average molecular weight is 263 g/mol. The highest BCUT2D eigenvalue weighted by Crippen LogP contribution is 2.29. The van der Waals surface area contributed by atoms with Crippen molar-refractivity contribution in [3.63, 3.8) is 0 Å². The second kappa shape index (κ2) is 5.05. The number of nitrogens with zero attached hydrogens (tertiary/aromatic N) is 2. The molecule has 0 saturated carbocycles. The summed E-state index contributed by atoms with van der Waals surface area (Å²) in [7, 11) is 0. The Morgan fingerprint density at radius 1 is 1.53 bits per heavy atom. The van der Waals surface area contributed by atoms with Crippen molar-refractivity contribution < 1.29 is 14.3 Å². The van der Waals surface area contributed by atoms with E-state index < -0.39 is 0 Å². The largest absolute Gasteiger partial charge is 0.480 e. The molecule has 3 heterocycles. The van der Waals surface area contributed by atoms with Gasteiger partial charge in [0.05, 0.1) is 12.7 Å². The molecule has 1 fully saturated rings. The molecular weight excluding hydrogens is 246 g/mol. The molecule has 0 aromatic carbocycles. The number of carbonyl (C=O) groups excluding carboxylic acids is 1. The quantitative estimate of drug-likeness (QED) is 0.863. The summed E-state index contributed by atoms with van der Waals surface area (Å²) < 4.78 is 10.9. The van der Waals surface area contributed by atoms with E-state index >= 15 is 0 Å². The van der Waals surface area contributed by atoms with Gasteiger partial charge in [-0.05, 0) is 18.6 Å². The van der Waals surface area contributed by atoms with Gasteiger partial charge in [0.15, 0.2) is 18.2 Å². The van der Waals surface area contributed by atoms with Crippen molar-refractivity contribution in [1.82, 2.24) is 4.98 Å². The summed E-state index contributed by atoms with van der Waals surface area (Å²) in [5.41, 5.74) is 0. The van der Waals surface area contributed by atoms with Crippen LogP contribution in [-0.2, 0) is 9.53 Å². The number of rotatable bonds is 2. The standard InChI is InChI=1S/C13H17N3O3/c1-2-9-7-16(5-6-18-9)11-4-3-10-13(14-11)15-12(17)8-19-10/h3-4,9H,2,5-8H2,1H3,(H,14,15,17). The summed E-state index contributed by atoms with van der Waals surface area (Å²) in [6.45, 7) is 4.53. The molecule has 0 radical (unpaired) electrons. The van der Waals surface area contributed by atoms with Gasteiger partial charge in [-0.3, -0.25) is 4.79 Å². The summed E-state index contributed by atoms with van der Waals surface area (Å²) in [4.78, 5) is 18.0. The fourth-order valence-electron chi connectivity index (χ4n) is 2.30. The van der Waals surface area contributed by atoms with Crippen LogP contribution in [0.25, 0.3) is 0 Å². The predicted octanol–water partition coefficient (Wildman–Crippen LogP) is 1.03. The normalized spacial score (nSPS) is 22.5. The van der Waals surface area contributed by atoms with Crippen LogP contribution in [0.2, 0.25) is 0 Å². The number of pyridine rings is 1. The van der Waals surface area contributed by atoms with Gasteiger partial charge in [-0.25, -0.2) is 4.98 Å². The Hall–Kier alpha value is -1.82. The Balaban J connectivity index is 1.81. The van der Waals surface area contributed by atoms with Gasteiger partial charge in [-0.1, -0.05) is 6.92 Å². The van der Waals surface area contributed by atoms with Gasteiger partial charge < -0.3 is 19.7 Å². The van der Waals surface area contributed by atoms with Crippen LogP contribution in [0.4, 0.5) is 11.6 Å². The van der Waals surface area contributed by atoms with Gasteiger partial charge in [-0.2, -0.15) is 0 Å². The van der Waals surface area contributed by atoms with Crippen molar-refractivity contribution in [2.45, 2.75) is 19.4 Å². The lowest BCUT2D eigenvalue weighted by Gasteiger charge is -2.33. The maximum absolute atomic E-state index is 11.3. The summed E-state index contributed by atoms with van der Waals surface area (Å²) in [5, 5.41) is 2.73. The molecule has 1 saturated heterocycles. The van der Waals surface area contributed by atoms with E-state index in [1.807, 2.05) is 12.1 Å². The van der Waals surface area contributed by atoms with E-state index in [-0.39, 0.29) is 18.6 Å². The van der Waals surface area contributed by atoms with E-state index in [0.717, 1.165) is 25.3 Å². The third-order valence-electron chi connectivity index (χ3n) is 3.38. The molecule has 0 spiro atoms. The Morgan fingerprint density at radius 3 is 3.26 bits per heavy atom. The highest BCUT2D eigenvalue weighted by Gasteiger charge is 2.23. The summed E-state index contributed by atoms with van der Waals surface area (Å²) in [5.74, 6) is 1.83. The lowest BCUT2D eigenvalue weighted by Crippen LogP contribution is -2.42. The smallest absolute Gasteiger partial charge is 0.263 e. The van der Waals surface area contributed by atoms with Gasteiger partial charge in [0.25, 0.3) is 5.91 Å². The molecule has 1 amide bonds. The van der Waals surface area contributed by atoms with Crippen LogP contribution in [0.3, 0.4) is 0 Å². The van der Waals surface area contributed by atoms with Gasteiger partial charge in [-0.15, -0.1) is 0 Å². The minimum atomic E-state index is -0.162. The van der Waals surface area contributed by atoms with Gasteiger partial charge in [0.2, 0.25) is 0 Å². The molecule has 19 heavy (non-hydrogen) atoms. The Morgan fingerprint density at radius 2 is 2.42 bits per heavy atom. The number of fused-ring (bicyclic) bond motifs is 1. The second-order valence-electron chi connectivity index (χ2n) is 4.70. The Kier molecular flexibility index (Phi) is 3.25. The lowest BCUT2D eigenvalue weighted by atomic mass is 10.2. The first-order valence-corrected chi connectivity index (χ1v) is 6.56. The molecule has 2 aliphatic heterocycles. The fraction of sp³-hybridized carbons (Fsp3) is 0.538. The van der Waals surface area contributed by atoms with Crippen LogP contribution in [0.1, 0.15) is 13.3 Å². The number of carbonyl (C=O) groups is 1. The number of hydrogen-bond acceptors (Lipinski definition) is 5. The monoisotopic (exact) mass is 263 g/mol. The molecule has 1 unspecified atom stereocenters. The summed E-state index contributed by atoms with van der Waals surface area (Å²) in [6.07, 6.45) is 1.24. The van der Waals surface area contributed by atoms with Crippen LogP contribution in [-0.4, -0.2) is 43.3 Å². The van der Waals surface area contributed by atoms with Crippen LogP contribution in [0.15, 0.2) is 12.1 Å². The van der Waals surface area contributed by atoms with Crippen molar-refractivity contribution in [1.29, 1.82) is 0 Å². The third-order valence-corrected chi connectivity index (χ3v) is 3.38. The summed E-state index contributed by atoms with van der Waals surface area (Å²) in [6, 6.07) is 3.78. The van der Waals surface area contributed by atoms with E-state index in [0.29, 0.717) is 18.2 Å². The molecule has 0 aliphatic carbocycles. The highest BCUT2D eigenvalue weighted by molar-refractivity contribution is 5.94. The number of amides is 1. The first-order chi connectivity index (χ1) is 9.26. The van der Waals surface area contributed by atoms with Crippen LogP contribution >= 0.6 is 0 Å². The van der Waals surface area contributed by atoms with E-state index in [2.05, 4.69) is 22.1 Å². The minimum absolute atomic E-state index is 0.0590.